The fourth-order valence-corrected chi connectivity index (χ4v) is 1.88. The summed E-state index contributed by atoms with van der Waals surface area (Å²) in [6.45, 7) is 7.67. The van der Waals surface area contributed by atoms with E-state index in [1.807, 2.05) is 6.07 Å². The number of nitrogens with zero attached hydrogens (tertiary/aromatic N) is 2. The number of aromatic nitrogens is 1. The average molecular weight is 374 g/mol. The van der Waals surface area contributed by atoms with E-state index in [4.69, 9.17) is 10.00 Å². The van der Waals surface area contributed by atoms with Crippen molar-refractivity contribution in [3.8, 4) is 6.07 Å². The Labute approximate surface area is 143 Å². The Morgan fingerprint density at radius 1 is 1.48 bits per heavy atom. The SMILES string of the molecule is C=C/C=C(\C=C)OCCNC(=O)/C(C#N)=C/c1cccc(Br)n1. The van der Waals surface area contributed by atoms with Crippen LogP contribution in [0.25, 0.3) is 6.08 Å². The molecule has 0 aliphatic heterocycles. The lowest BCUT2D eigenvalue weighted by molar-refractivity contribution is -0.117. The van der Waals surface area contributed by atoms with Gasteiger partial charge in [-0.1, -0.05) is 25.3 Å². The summed E-state index contributed by atoms with van der Waals surface area (Å²) in [4.78, 5) is 16.1. The maximum atomic E-state index is 12.0. The van der Waals surface area contributed by atoms with Crippen LogP contribution in [0.5, 0.6) is 0 Å². The second kappa shape index (κ2) is 10.1. The highest BCUT2D eigenvalue weighted by Gasteiger charge is 2.09. The third-order valence-corrected chi connectivity index (χ3v) is 2.98. The number of allylic oxidation sites excluding steroid dienone is 3. The second-order valence-corrected chi connectivity index (χ2v) is 4.98. The zero-order valence-electron chi connectivity index (χ0n) is 12.5. The molecular weight excluding hydrogens is 358 g/mol. The summed E-state index contributed by atoms with van der Waals surface area (Å²) in [6.07, 6.45) is 6.21. The number of carbonyl (C=O) groups is 1. The molecule has 1 rings (SSSR count). The van der Waals surface area contributed by atoms with Gasteiger partial charge in [0.2, 0.25) is 0 Å². The van der Waals surface area contributed by atoms with E-state index in [0.29, 0.717) is 16.1 Å². The van der Waals surface area contributed by atoms with E-state index in [2.05, 4.69) is 39.4 Å². The van der Waals surface area contributed by atoms with Crippen LogP contribution in [-0.4, -0.2) is 24.0 Å². The van der Waals surface area contributed by atoms with Crippen LogP contribution < -0.4 is 5.32 Å². The summed E-state index contributed by atoms with van der Waals surface area (Å²) in [7, 11) is 0. The van der Waals surface area contributed by atoms with Gasteiger partial charge in [-0.3, -0.25) is 4.79 Å². The first kappa shape index (κ1) is 18.4. The molecule has 0 saturated carbocycles. The summed E-state index contributed by atoms with van der Waals surface area (Å²) in [5, 5.41) is 11.7. The minimum atomic E-state index is -0.481. The van der Waals surface area contributed by atoms with E-state index in [-0.39, 0.29) is 18.7 Å². The van der Waals surface area contributed by atoms with Crippen LogP contribution in [0, 0.1) is 11.3 Å². The summed E-state index contributed by atoms with van der Waals surface area (Å²) in [5.41, 5.74) is 0.492. The normalized spacial score (nSPS) is 11.3. The molecule has 1 heterocycles. The first-order valence-corrected chi connectivity index (χ1v) is 7.50. The van der Waals surface area contributed by atoms with Crippen molar-refractivity contribution in [2.75, 3.05) is 13.2 Å². The largest absolute Gasteiger partial charge is 0.492 e. The van der Waals surface area contributed by atoms with Gasteiger partial charge in [-0.2, -0.15) is 5.26 Å². The third-order valence-electron chi connectivity index (χ3n) is 2.53. The summed E-state index contributed by atoms with van der Waals surface area (Å²) < 4.78 is 5.99. The molecule has 1 N–H and O–H groups in total. The van der Waals surface area contributed by atoms with Gasteiger partial charge >= 0.3 is 0 Å². The number of hydrogen-bond donors (Lipinski definition) is 1. The Bertz CT molecular complexity index is 687. The summed E-state index contributed by atoms with van der Waals surface area (Å²) >= 11 is 3.23. The Hall–Kier alpha value is -2.65. The minimum Gasteiger partial charge on any atom is -0.492 e. The maximum Gasteiger partial charge on any atom is 0.262 e. The Morgan fingerprint density at radius 3 is 2.87 bits per heavy atom. The third kappa shape index (κ3) is 6.76. The number of hydrogen-bond acceptors (Lipinski definition) is 4. The molecule has 0 spiro atoms. The van der Waals surface area contributed by atoms with Gasteiger partial charge in [-0.15, -0.1) is 0 Å². The molecule has 23 heavy (non-hydrogen) atoms. The lowest BCUT2D eigenvalue weighted by Gasteiger charge is -2.07. The molecule has 0 aliphatic rings. The molecule has 0 aliphatic carbocycles. The summed E-state index contributed by atoms with van der Waals surface area (Å²) in [6, 6.07) is 7.10. The number of nitriles is 1. The molecule has 118 valence electrons. The van der Waals surface area contributed by atoms with Crippen molar-refractivity contribution >= 4 is 27.9 Å². The van der Waals surface area contributed by atoms with Gasteiger partial charge in [-0.25, -0.2) is 4.98 Å². The Morgan fingerprint density at radius 2 is 2.26 bits per heavy atom. The molecule has 0 saturated heterocycles. The monoisotopic (exact) mass is 373 g/mol. The highest BCUT2D eigenvalue weighted by molar-refractivity contribution is 9.10. The molecule has 1 aromatic rings. The van der Waals surface area contributed by atoms with Gasteiger partial charge in [0.25, 0.3) is 5.91 Å². The van der Waals surface area contributed by atoms with Gasteiger partial charge in [0.1, 0.15) is 28.6 Å². The van der Waals surface area contributed by atoms with Gasteiger partial charge < -0.3 is 10.1 Å². The Balaban J connectivity index is 2.58. The van der Waals surface area contributed by atoms with E-state index in [0.717, 1.165) is 0 Å². The minimum absolute atomic E-state index is 0.0267. The molecule has 6 heteroatoms. The standard InChI is InChI=1S/C17H16BrN3O2/c1-3-6-15(4-2)23-10-9-20-17(22)13(12-19)11-14-7-5-8-16(18)21-14/h3-8,11H,1-2,9-10H2,(H,20,22)/b13-11+,15-6+. The molecule has 0 bridgehead atoms. The van der Waals surface area contributed by atoms with Crippen molar-refractivity contribution in [2.24, 2.45) is 0 Å². The topological polar surface area (TPSA) is 75.0 Å². The van der Waals surface area contributed by atoms with Crippen molar-refractivity contribution in [1.82, 2.24) is 10.3 Å². The first-order chi connectivity index (χ1) is 11.1. The number of rotatable bonds is 8. The van der Waals surface area contributed by atoms with E-state index in [9.17, 15) is 4.79 Å². The van der Waals surface area contributed by atoms with Gasteiger partial charge in [0.05, 0.1) is 12.2 Å². The lowest BCUT2D eigenvalue weighted by atomic mass is 10.2. The van der Waals surface area contributed by atoms with Crippen LogP contribution >= 0.6 is 15.9 Å². The van der Waals surface area contributed by atoms with Crippen molar-refractivity contribution in [3.63, 3.8) is 0 Å². The van der Waals surface area contributed by atoms with Crippen molar-refractivity contribution < 1.29 is 9.53 Å². The quantitative estimate of drug-likeness (QED) is 0.189. The summed E-state index contributed by atoms with van der Waals surface area (Å²) in [5.74, 6) is 0.0781. The van der Waals surface area contributed by atoms with E-state index in [1.54, 1.807) is 36.4 Å². The smallest absolute Gasteiger partial charge is 0.262 e. The zero-order valence-corrected chi connectivity index (χ0v) is 14.0. The fraction of sp³-hybridized carbons (Fsp3) is 0.118. The molecule has 0 fully saturated rings. The molecular formula is C17H16BrN3O2. The number of amides is 1. The fourth-order valence-electron chi connectivity index (χ4n) is 1.52. The molecule has 0 radical (unpaired) electrons. The van der Waals surface area contributed by atoms with E-state index < -0.39 is 5.91 Å². The molecule has 5 nitrogen and oxygen atoms in total. The van der Waals surface area contributed by atoms with Gasteiger partial charge in [-0.05, 0) is 46.3 Å². The van der Waals surface area contributed by atoms with Gasteiger partial charge in [0.15, 0.2) is 0 Å². The molecule has 0 atom stereocenters. The van der Waals surface area contributed by atoms with Crippen molar-refractivity contribution in [2.45, 2.75) is 0 Å². The number of halogens is 1. The number of pyridine rings is 1. The van der Waals surface area contributed by atoms with Crippen LogP contribution in [0.4, 0.5) is 0 Å². The molecule has 0 unspecified atom stereocenters. The highest BCUT2D eigenvalue weighted by Crippen LogP contribution is 2.09. The average Bonchev–Trinajstić information content (AvgIpc) is 2.55. The van der Waals surface area contributed by atoms with Crippen LogP contribution in [-0.2, 0) is 9.53 Å². The number of nitrogens with one attached hydrogen (secondary N) is 1. The van der Waals surface area contributed by atoms with Crippen molar-refractivity contribution in [1.29, 1.82) is 5.26 Å². The van der Waals surface area contributed by atoms with Crippen LogP contribution in [0.15, 0.2) is 65.5 Å². The van der Waals surface area contributed by atoms with Crippen molar-refractivity contribution in [3.05, 3.63) is 71.2 Å². The highest BCUT2D eigenvalue weighted by atomic mass is 79.9. The molecule has 1 amide bonds. The van der Waals surface area contributed by atoms with Crippen LogP contribution in [0.1, 0.15) is 5.69 Å². The second-order valence-electron chi connectivity index (χ2n) is 4.17. The first-order valence-electron chi connectivity index (χ1n) is 6.71. The van der Waals surface area contributed by atoms with Crippen LogP contribution in [0.2, 0.25) is 0 Å². The van der Waals surface area contributed by atoms with Crippen LogP contribution in [0.3, 0.4) is 0 Å². The maximum absolute atomic E-state index is 12.0. The number of carbonyl (C=O) groups excluding carboxylic acids is 1. The van der Waals surface area contributed by atoms with E-state index in [1.165, 1.54) is 6.08 Å². The predicted octanol–water partition coefficient (Wildman–Crippen LogP) is 3.14. The Kier molecular flexibility index (Phi) is 8.11. The number of ether oxygens (including phenoxy) is 1. The van der Waals surface area contributed by atoms with E-state index >= 15 is 0 Å². The molecule has 1 aromatic heterocycles. The predicted molar refractivity (Wildman–Crippen MR) is 93.0 cm³/mol. The molecule has 0 aromatic carbocycles. The van der Waals surface area contributed by atoms with Gasteiger partial charge in [0, 0.05) is 0 Å². The zero-order chi connectivity index (χ0) is 17.1. The lowest BCUT2D eigenvalue weighted by Crippen LogP contribution is -2.28.